The van der Waals surface area contributed by atoms with E-state index in [-0.39, 0.29) is 29.3 Å². The number of hydrogen-bond donors (Lipinski definition) is 1. The molecule has 0 spiro atoms. The maximum Gasteiger partial charge on any atom is 0.254 e. The molecule has 0 saturated heterocycles. The standard InChI is InChI=1S/C18H19Cl2N3O2S/c1-18(2,3)14-8-16(25)23-11(9-26-17(23)22-14)7-15(24)21-13-6-10(19)4-5-12(13)20/h4-6,8,11H,7,9H2,1-3H3,(H,21,24). The maximum absolute atomic E-state index is 12.6. The van der Waals surface area contributed by atoms with Crippen molar-refractivity contribution in [3.05, 3.63) is 50.4 Å². The van der Waals surface area contributed by atoms with E-state index in [0.717, 1.165) is 5.69 Å². The van der Waals surface area contributed by atoms with E-state index < -0.39 is 0 Å². The van der Waals surface area contributed by atoms with Crippen LogP contribution in [0.25, 0.3) is 0 Å². The molecule has 2 heterocycles. The number of rotatable bonds is 3. The molecule has 1 amide bonds. The normalized spacial score (nSPS) is 16.4. The Hall–Kier alpha value is -1.50. The Morgan fingerprint density at radius 1 is 1.35 bits per heavy atom. The number of thioether (sulfide) groups is 1. The van der Waals surface area contributed by atoms with Crippen LogP contribution in [0, 0.1) is 0 Å². The molecule has 0 fully saturated rings. The molecule has 1 atom stereocenters. The van der Waals surface area contributed by atoms with Crippen molar-refractivity contribution in [3.63, 3.8) is 0 Å². The second-order valence-electron chi connectivity index (χ2n) is 7.22. The van der Waals surface area contributed by atoms with Crippen LogP contribution < -0.4 is 10.9 Å². The third-order valence-electron chi connectivity index (χ3n) is 4.08. The van der Waals surface area contributed by atoms with Crippen LogP contribution in [-0.4, -0.2) is 21.2 Å². The molecule has 1 aromatic carbocycles. The highest BCUT2D eigenvalue weighted by molar-refractivity contribution is 7.99. The first-order chi connectivity index (χ1) is 12.1. The van der Waals surface area contributed by atoms with Gasteiger partial charge in [-0.3, -0.25) is 14.2 Å². The first-order valence-electron chi connectivity index (χ1n) is 8.17. The molecule has 1 aliphatic rings. The third-order valence-corrected chi connectivity index (χ3v) is 5.74. The summed E-state index contributed by atoms with van der Waals surface area (Å²) in [5, 5.41) is 4.33. The quantitative estimate of drug-likeness (QED) is 0.753. The zero-order chi connectivity index (χ0) is 19.1. The van der Waals surface area contributed by atoms with E-state index in [9.17, 15) is 9.59 Å². The van der Waals surface area contributed by atoms with Crippen LogP contribution in [0.1, 0.15) is 38.9 Å². The van der Waals surface area contributed by atoms with Gasteiger partial charge in [0, 0.05) is 28.7 Å². The second kappa shape index (κ2) is 7.25. The summed E-state index contributed by atoms with van der Waals surface area (Å²) in [6.45, 7) is 6.06. The first-order valence-corrected chi connectivity index (χ1v) is 9.91. The number of aromatic nitrogens is 2. The van der Waals surface area contributed by atoms with Crippen molar-refractivity contribution >= 4 is 46.6 Å². The summed E-state index contributed by atoms with van der Waals surface area (Å²) in [6, 6.07) is 6.21. The van der Waals surface area contributed by atoms with Crippen LogP contribution in [0.15, 0.2) is 34.2 Å². The Morgan fingerprint density at radius 2 is 2.08 bits per heavy atom. The van der Waals surface area contributed by atoms with Gasteiger partial charge in [0.15, 0.2) is 5.16 Å². The SMILES string of the molecule is CC(C)(C)c1cc(=O)n2c(n1)SCC2CC(=O)Nc1cc(Cl)ccc1Cl. The van der Waals surface area contributed by atoms with Crippen LogP contribution in [0.4, 0.5) is 5.69 Å². The maximum atomic E-state index is 12.6. The minimum atomic E-state index is -0.234. The molecule has 3 rings (SSSR count). The Labute approximate surface area is 166 Å². The van der Waals surface area contributed by atoms with Crippen LogP contribution in [-0.2, 0) is 10.2 Å². The summed E-state index contributed by atoms with van der Waals surface area (Å²) < 4.78 is 1.61. The van der Waals surface area contributed by atoms with E-state index in [1.807, 2.05) is 20.8 Å². The van der Waals surface area contributed by atoms with Crippen LogP contribution in [0.3, 0.4) is 0 Å². The second-order valence-corrected chi connectivity index (χ2v) is 9.05. The number of carbonyl (C=O) groups is 1. The summed E-state index contributed by atoms with van der Waals surface area (Å²) in [7, 11) is 0. The van der Waals surface area contributed by atoms with Crippen molar-refractivity contribution in [2.75, 3.05) is 11.1 Å². The van der Waals surface area contributed by atoms with Gasteiger partial charge in [-0.2, -0.15) is 0 Å². The monoisotopic (exact) mass is 411 g/mol. The Balaban J connectivity index is 1.79. The van der Waals surface area contributed by atoms with Gasteiger partial charge in [0.2, 0.25) is 5.91 Å². The van der Waals surface area contributed by atoms with Crippen LogP contribution >= 0.6 is 35.0 Å². The van der Waals surface area contributed by atoms with Gasteiger partial charge in [0.1, 0.15) is 0 Å². The lowest BCUT2D eigenvalue weighted by Gasteiger charge is -2.19. The molecule has 1 unspecified atom stereocenters. The molecule has 0 saturated carbocycles. The molecule has 0 radical (unpaired) electrons. The lowest BCUT2D eigenvalue weighted by molar-refractivity contribution is -0.116. The van der Waals surface area contributed by atoms with E-state index in [1.165, 1.54) is 11.8 Å². The van der Waals surface area contributed by atoms with E-state index in [4.69, 9.17) is 23.2 Å². The first kappa shape index (κ1) is 19.3. The topological polar surface area (TPSA) is 64.0 Å². The number of nitrogens with zero attached hydrogens (tertiary/aromatic N) is 2. The molecule has 138 valence electrons. The molecule has 1 aromatic heterocycles. The minimum absolute atomic E-state index is 0.122. The Morgan fingerprint density at radius 3 is 2.77 bits per heavy atom. The summed E-state index contributed by atoms with van der Waals surface area (Å²) >= 11 is 13.5. The number of anilines is 1. The zero-order valence-corrected chi connectivity index (χ0v) is 17.0. The lowest BCUT2D eigenvalue weighted by atomic mass is 9.92. The average molecular weight is 412 g/mol. The molecule has 0 bridgehead atoms. The van der Waals surface area contributed by atoms with Gasteiger partial charge in [0.25, 0.3) is 5.56 Å². The highest BCUT2D eigenvalue weighted by Crippen LogP contribution is 2.34. The fourth-order valence-electron chi connectivity index (χ4n) is 2.70. The summed E-state index contributed by atoms with van der Waals surface area (Å²) in [5.41, 5.74) is 0.901. The van der Waals surface area contributed by atoms with Crippen molar-refractivity contribution in [2.45, 2.75) is 43.8 Å². The number of hydrogen-bond acceptors (Lipinski definition) is 4. The van der Waals surface area contributed by atoms with Gasteiger partial charge in [0.05, 0.1) is 22.4 Å². The number of amides is 1. The lowest BCUT2D eigenvalue weighted by Crippen LogP contribution is -2.29. The smallest absolute Gasteiger partial charge is 0.254 e. The van der Waals surface area contributed by atoms with Crippen molar-refractivity contribution < 1.29 is 4.79 Å². The van der Waals surface area contributed by atoms with E-state index in [0.29, 0.717) is 26.6 Å². The predicted molar refractivity (Wildman–Crippen MR) is 107 cm³/mol. The van der Waals surface area contributed by atoms with Crippen molar-refractivity contribution in [2.24, 2.45) is 0 Å². The Bertz CT molecular complexity index is 922. The van der Waals surface area contributed by atoms with Gasteiger partial charge >= 0.3 is 0 Å². The predicted octanol–water partition coefficient (Wildman–Crippen LogP) is 4.52. The number of carbonyl (C=O) groups excluding carboxylic acids is 1. The highest BCUT2D eigenvalue weighted by Gasteiger charge is 2.29. The van der Waals surface area contributed by atoms with Crippen molar-refractivity contribution in [1.82, 2.24) is 9.55 Å². The van der Waals surface area contributed by atoms with Gasteiger partial charge in [-0.15, -0.1) is 0 Å². The van der Waals surface area contributed by atoms with Crippen LogP contribution in [0.5, 0.6) is 0 Å². The zero-order valence-electron chi connectivity index (χ0n) is 14.7. The number of nitrogens with one attached hydrogen (secondary N) is 1. The van der Waals surface area contributed by atoms with Crippen molar-refractivity contribution in [3.8, 4) is 0 Å². The fraction of sp³-hybridized carbons (Fsp3) is 0.389. The fourth-order valence-corrected chi connectivity index (χ4v) is 4.18. The van der Waals surface area contributed by atoms with Crippen molar-refractivity contribution in [1.29, 1.82) is 0 Å². The number of fused-ring (bicyclic) bond motifs is 1. The van der Waals surface area contributed by atoms with E-state index in [1.54, 1.807) is 28.8 Å². The van der Waals surface area contributed by atoms with E-state index >= 15 is 0 Å². The van der Waals surface area contributed by atoms with Gasteiger partial charge < -0.3 is 5.32 Å². The minimum Gasteiger partial charge on any atom is -0.325 e. The molecule has 1 N–H and O–H groups in total. The highest BCUT2D eigenvalue weighted by atomic mass is 35.5. The van der Waals surface area contributed by atoms with Gasteiger partial charge in [-0.25, -0.2) is 4.98 Å². The molecule has 2 aromatic rings. The number of benzene rings is 1. The van der Waals surface area contributed by atoms with Crippen LogP contribution in [0.2, 0.25) is 10.0 Å². The molecule has 0 aliphatic carbocycles. The van der Waals surface area contributed by atoms with E-state index in [2.05, 4.69) is 10.3 Å². The van der Waals surface area contributed by atoms with Gasteiger partial charge in [-0.1, -0.05) is 55.7 Å². The molecular formula is C18H19Cl2N3O2S. The molecule has 5 nitrogen and oxygen atoms in total. The summed E-state index contributed by atoms with van der Waals surface area (Å²) in [4.78, 5) is 29.6. The molecular weight excluding hydrogens is 393 g/mol. The summed E-state index contributed by atoms with van der Waals surface area (Å²) in [5.74, 6) is 0.409. The Kier molecular flexibility index (Phi) is 5.37. The largest absolute Gasteiger partial charge is 0.325 e. The molecule has 26 heavy (non-hydrogen) atoms. The summed E-state index contributed by atoms with van der Waals surface area (Å²) in [6.07, 6.45) is 0.166. The average Bonchev–Trinajstić information content (AvgIpc) is 2.93. The third kappa shape index (κ3) is 4.08. The van der Waals surface area contributed by atoms with Gasteiger partial charge in [-0.05, 0) is 18.2 Å². The number of halogens is 2. The molecule has 8 heteroatoms. The molecule has 1 aliphatic heterocycles.